The van der Waals surface area contributed by atoms with E-state index < -0.39 is 11.9 Å². The van der Waals surface area contributed by atoms with Crippen molar-refractivity contribution in [3.05, 3.63) is 46.9 Å². The van der Waals surface area contributed by atoms with E-state index in [1.54, 1.807) is 19.1 Å². The van der Waals surface area contributed by atoms with E-state index in [4.69, 9.17) is 19.0 Å². The molecular formula is C16H15NO6. The van der Waals surface area contributed by atoms with E-state index >= 15 is 0 Å². The molecule has 23 heavy (non-hydrogen) atoms. The molecule has 0 aliphatic carbocycles. The highest BCUT2D eigenvalue weighted by molar-refractivity contribution is 5.96. The molecule has 0 fully saturated rings. The fourth-order valence-corrected chi connectivity index (χ4v) is 2.30. The SMILES string of the molecule is CCc1oc(C(=O)NCc2ccc3c(c2)OCO3)cc1C(=O)O. The van der Waals surface area contributed by atoms with E-state index in [9.17, 15) is 9.59 Å². The molecular weight excluding hydrogens is 302 g/mol. The first kappa shape index (κ1) is 15.0. The molecule has 3 rings (SSSR count). The maximum absolute atomic E-state index is 12.1. The highest BCUT2D eigenvalue weighted by atomic mass is 16.7. The summed E-state index contributed by atoms with van der Waals surface area (Å²) in [6.07, 6.45) is 0.400. The van der Waals surface area contributed by atoms with Gasteiger partial charge in [0.05, 0.1) is 0 Å². The van der Waals surface area contributed by atoms with Gasteiger partial charge in [-0.1, -0.05) is 13.0 Å². The zero-order valence-electron chi connectivity index (χ0n) is 12.4. The van der Waals surface area contributed by atoms with Crippen LogP contribution >= 0.6 is 0 Å². The summed E-state index contributed by atoms with van der Waals surface area (Å²) in [5, 5.41) is 11.8. The molecule has 1 aromatic carbocycles. The summed E-state index contributed by atoms with van der Waals surface area (Å²) in [6.45, 7) is 2.22. The molecule has 1 aromatic heterocycles. The number of fused-ring (bicyclic) bond motifs is 1. The van der Waals surface area contributed by atoms with E-state index in [0.717, 1.165) is 5.56 Å². The average Bonchev–Trinajstić information content (AvgIpc) is 3.18. The minimum Gasteiger partial charge on any atom is -0.478 e. The number of rotatable bonds is 5. The zero-order valence-corrected chi connectivity index (χ0v) is 12.4. The molecule has 0 bridgehead atoms. The summed E-state index contributed by atoms with van der Waals surface area (Å²) in [4.78, 5) is 23.2. The third kappa shape index (κ3) is 2.98. The van der Waals surface area contributed by atoms with Crippen molar-refractivity contribution in [1.29, 1.82) is 0 Å². The van der Waals surface area contributed by atoms with Gasteiger partial charge in [0, 0.05) is 19.0 Å². The van der Waals surface area contributed by atoms with Gasteiger partial charge in [0.1, 0.15) is 11.3 Å². The zero-order chi connectivity index (χ0) is 16.4. The van der Waals surface area contributed by atoms with Gasteiger partial charge < -0.3 is 24.3 Å². The molecule has 0 saturated heterocycles. The van der Waals surface area contributed by atoms with Crippen molar-refractivity contribution >= 4 is 11.9 Å². The minimum absolute atomic E-state index is 0.0139. The van der Waals surface area contributed by atoms with E-state index in [2.05, 4.69) is 5.32 Å². The first-order valence-corrected chi connectivity index (χ1v) is 7.11. The van der Waals surface area contributed by atoms with Crippen molar-refractivity contribution in [3.63, 3.8) is 0 Å². The van der Waals surface area contributed by atoms with Gasteiger partial charge in [0.25, 0.3) is 5.91 Å². The molecule has 0 radical (unpaired) electrons. The Morgan fingerprint density at radius 2 is 2.00 bits per heavy atom. The van der Waals surface area contributed by atoms with Gasteiger partial charge in [0.15, 0.2) is 17.3 Å². The number of aryl methyl sites for hydroxylation is 1. The highest BCUT2D eigenvalue weighted by Crippen LogP contribution is 2.32. The molecule has 0 unspecified atom stereocenters. The quantitative estimate of drug-likeness (QED) is 0.877. The van der Waals surface area contributed by atoms with Crippen molar-refractivity contribution in [1.82, 2.24) is 5.32 Å². The van der Waals surface area contributed by atoms with E-state index in [0.29, 0.717) is 17.9 Å². The monoisotopic (exact) mass is 317 g/mol. The van der Waals surface area contributed by atoms with Crippen molar-refractivity contribution < 1.29 is 28.6 Å². The van der Waals surface area contributed by atoms with Gasteiger partial charge in [0.2, 0.25) is 6.79 Å². The second-order valence-corrected chi connectivity index (χ2v) is 4.98. The Labute approximate surface area is 131 Å². The van der Waals surface area contributed by atoms with Crippen LogP contribution in [0.15, 0.2) is 28.7 Å². The van der Waals surface area contributed by atoms with Crippen molar-refractivity contribution in [2.24, 2.45) is 0 Å². The summed E-state index contributed by atoms with van der Waals surface area (Å²) in [5.41, 5.74) is 0.851. The van der Waals surface area contributed by atoms with Crippen LogP contribution in [0.1, 0.15) is 39.2 Å². The van der Waals surface area contributed by atoms with Crippen molar-refractivity contribution in [3.8, 4) is 11.5 Å². The summed E-state index contributed by atoms with van der Waals surface area (Å²) in [5.74, 6) is -0.00279. The first-order chi connectivity index (χ1) is 11.1. The Hall–Kier alpha value is -2.96. The third-order valence-corrected chi connectivity index (χ3v) is 3.47. The van der Waals surface area contributed by atoms with Gasteiger partial charge in [-0.3, -0.25) is 4.79 Å². The fourth-order valence-electron chi connectivity index (χ4n) is 2.30. The molecule has 0 spiro atoms. The molecule has 1 amide bonds. The van der Waals surface area contributed by atoms with Crippen LogP contribution in [0.4, 0.5) is 0 Å². The Morgan fingerprint density at radius 3 is 2.70 bits per heavy atom. The van der Waals surface area contributed by atoms with Crippen molar-refractivity contribution in [2.45, 2.75) is 19.9 Å². The second kappa shape index (κ2) is 6.04. The van der Waals surface area contributed by atoms with Crippen LogP contribution < -0.4 is 14.8 Å². The Kier molecular flexibility index (Phi) is 3.92. The number of benzene rings is 1. The fraction of sp³-hybridized carbons (Fsp3) is 0.250. The lowest BCUT2D eigenvalue weighted by Crippen LogP contribution is -2.22. The second-order valence-electron chi connectivity index (χ2n) is 4.98. The van der Waals surface area contributed by atoms with Crippen LogP contribution in [0.2, 0.25) is 0 Å². The van der Waals surface area contributed by atoms with E-state index in [1.807, 2.05) is 6.07 Å². The number of hydrogen-bond acceptors (Lipinski definition) is 5. The molecule has 1 aliphatic heterocycles. The van der Waals surface area contributed by atoms with Crippen LogP contribution in [-0.4, -0.2) is 23.8 Å². The molecule has 0 saturated carbocycles. The number of ether oxygens (including phenoxy) is 2. The maximum Gasteiger partial charge on any atom is 0.339 e. The van der Waals surface area contributed by atoms with E-state index in [-0.39, 0.29) is 30.4 Å². The Balaban J connectivity index is 1.69. The van der Waals surface area contributed by atoms with Crippen LogP contribution in [0.5, 0.6) is 11.5 Å². The highest BCUT2D eigenvalue weighted by Gasteiger charge is 2.20. The average molecular weight is 317 g/mol. The maximum atomic E-state index is 12.1. The summed E-state index contributed by atoms with van der Waals surface area (Å²) in [7, 11) is 0. The Morgan fingerprint density at radius 1 is 1.22 bits per heavy atom. The molecule has 2 N–H and O–H groups in total. The number of nitrogens with one attached hydrogen (secondary N) is 1. The number of carboxylic acid groups (broad SMARTS) is 1. The summed E-state index contributed by atoms with van der Waals surface area (Å²) >= 11 is 0. The smallest absolute Gasteiger partial charge is 0.339 e. The number of carbonyl (C=O) groups is 2. The third-order valence-electron chi connectivity index (χ3n) is 3.47. The predicted molar refractivity (Wildman–Crippen MR) is 78.8 cm³/mol. The number of amides is 1. The van der Waals surface area contributed by atoms with Crippen LogP contribution in [0.3, 0.4) is 0 Å². The largest absolute Gasteiger partial charge is 0.478 e. The molecule has 2 aromatic rings. The van der Waals surface area contributed by atoms with Crippen LogP contribution in [-0.2, 0) is 13.0 Å². The lowest BCUT2D eigenvalue weighted by atomic mass is 10.2. The summed E-state index contributed by atoms with van der Waals surface area (Å²) in [6, 6.07) is 6.62. The lowest BCUT2D eigenvalue weighted by molar-refractivity contribution is 0.0694. The standard InChI is InChI=1S/C16H15NO6/c1-2-11-10(16(19)20)6-14(23-11)15(18)17-7-9-3-4-12-13(5-9)22-8-21-12/h3-6H,2,7-8H2,1H3,(H,17,18)(H,19,20). The van der Waals surface area contributed by atoms with Crippen molar-refractivity contribution in [2.75, 3.05) is 6.79 Å². The van der Waals surface area contributed by atoms with E-state index in [1.165, 1.54) is 6.07 Å². The summed E-state index contributed by atoms with van der Waals surface area (Å²) < 4.78 is 15.8. The minimum atomic E-state index is -1.11. The normalized spacial score (nSPS) is 12.2. The van der Waals surface area contributed by atoms with Crippen LogP contribution in [0, 0.1) is 0 Å². The number of furan rings is 1. The number of aromatic carboxylic acids is 1. The number of carboxylic acids is 1. The molecule has 7 nitrogen and oxygen atoms in total. The van der Waals surface area contributed by atoms with Gasteiger partial charge in [-0.15, -0.1) is 0 Å². The van der Waals surface area contributed by atoms with Gasteiger partial charge in [-0.05, 0) is 17.7 Å². The topological polar surface area (TPSA) is 98.0 Å². The van der Waals surface area contributed by atoms with Gasteiger partial charge >= 0.3 is 5.97 Å². The number of carbonyl (C=O) groups excluding carboxylic acids is 1. The molecule has 0 atom stereocenters. The lowest BCUT2D eigenvalue weighted by Gasteiger charge is -2.04. The van der Waals surface area contributed by atoms with Gasteiger partial charge in [-0.2, -0.15) is 0 Å². The molecule has 1 aliphatic rings. The van der Waals surface area contributed by atoms with Gasteiger partial charge in [-0.25, -0.2) is 4.79 Å². The molecule has 120 valence electrons. The first-order valence-electron chi connectivity index (χ1n) is 7.11. The molecule has 2 heterocycles. The number of hydrogen-bond donors (Lipinski definition) is 2. The molecule has 7 heteroatoms. The van der Waals surface area contributed by atoms with Crippen LogP contribution in [0.25, 0.3) is 0 Å². The predicted octanol–water partition coefficient (Wildman–Crippen LogP) is 2.20. The Bertz CT molecular complexity index is 764.